The lowest BCUT2D eigenvalue weighted by Crippen LogP contribution is -2.34. The van der Waals surface area contributed by atoms with Crippen LogP contribution in [0.2, 0.25) is 0 Å². The molecule has 19 heavy (non-hydrogen) atoms. The maximum Gasteiger partial charge on any atom is 0.230 e. The third kappa shape index (κ3) is 2.33. The second-order valence-corrected chi connectivity index (χ2v) is 5.59. The van der Waals surface area contributed by atoms with Crippen LogP contribution in [-0.4, -0.2) is 10.9 Å². The molecule has 0 saturated heterocycles. The topological polar surface area (TPSA) is 68.0 Å². The number of hydrogen-bond acceptors (Lipinski definition) is 4. The number of anilines is 1. The fourth-order valence-electron chi connectivity index (χ4n) is 2.24. The minimum atomic E-state index is -0.344. The molecule has 1 aliphatic carbocycles. The molecule has 3 N–H and O–H groups in total. The van der Waals surface area contributed by atoms with E-state index in [2.05, 4.69) is 10.3 Å². The van der Waals surface area contributed by atoms with E-state index < -0.39 is 0 Å². The Hall–Kier alpha value is -1.88. The molecule has 0 spiro atoms. The maximum atomic E-state index is 12.3. The summed E-state index contributed by atoms with van der Waals surface area (Å²) in [6.07, 6.45) is 1.81. The minimum absolute atomic E-state index is 0.0882. The predicted octanol–water partition coefficient (Wildman–Crippen LogP) is 2.07. The van der Waals surface area contributed by atoms with Gasteiger partial charge in [-0.2, -0.15) is 0 Å². The molecule has 0 aliphatic heterocycles. The highest BCUT2D eigenvalue weighted by atomic mass is 32.1. The number of carbonyl (C=O) groups excluding carboxylic acids is 1. The van der Waals surface area contributed by atoms with Crippen LogP contribution in [0.3, 0.4) is 0 Å². The number of aromatic nitrogens is 1. The van der Waals surface area contributed by atoms with Crippen molar-refractivity contribution in [3.05, 3.63) is 46.4 Å². The van der Waals surface area contributed by atoms with Gasteiger partial charge in [0.15, 0.2) is 0 Å². The zero-order chi connectivity index (χ0) is 13.3. The van der Waals surface area contributed by atoms with Gasteiger partial charge in [0.25, 0.3) is 0 Å². The summed E-state index contributed by atoms with van der Waals surface area (Å²) in [4.78, 5) is 16.5. The lowest BCUT2D eigenvalue weighted by molar-refractivity contribution is -0.123. The molecule has 3 rings (SSSR count). The molecule has 98 valence electrons. The summed E-state index contributed by atoms with van der Waals surface area (Å²) in [6.45, 7) is 0.499. The fourth-order valence-corrected chi connectivity index (χ4v) is 2.80. The second-order valence-electron chi connectivity index (χ2n) is 4.87. The summed E-state index contributed by atoms with van der Waals surface area (Å²) in [5.74, 6) is 0.0882. The Labute approximate surface area is 115 Å². The smallest absolute Gasteiger partial charge is 0.230 e. The van der Waals surface area contributed by atoms with E-state index in [1.807, 2.05) is 29.6 Å². The first-order chi connectivity index (χ1) is 9.21. The third-order valence-electron chi connectivity index (χ3n) is 3.56. The lowest BCUT2D eigenvalue weighted by atomic mass is 9.95. The average Bonchev–Trinajstić information content (AvgIpc) is 3.07. The van der Waals surface area contributed by atoms with Crippen molar-refractivity contribution in [3.63, 3.8) is 0 Å². The summed E-state index contributed by atoms with van der Waals surface area (Å²) >= 11 is 1.54. The van der Waals surface area contributed by atoms with Crippen LogP contribution in [0.4, 0.5) is 5.69 Å². The lowest BCUT2D eigenvalue weighted by Gasteiger charge is -2.15. The molecule has 0 unspecified atom stereocenters. The molecule has 0 atom stereocenters. The van der Waals surface area contributed by atoms with Crippen molar-refractivity contribution < 1.29 is 4.79 Å². The van der Waals surface area contributed by atoms with E-state index >= 15 is 0 Å². The SMILES string of the molecule is Nc1ccc(C2(C(=O)NCc3cscn3)CC2)cc1. The molecule has 5 heteroatoms. The van der Waals surface area contributed by atoms with Crippen molar-refractivity contribution in [2.75, 3.05) is 5.73 Å². The van der Waals surface area contributed by atoms with Crippen LogP contribution in [0.5, 0.6) is 0 Å². The molecule has 1 aromatic carbocycles. The van der Waals surface area contributed by atoms with Crippen LogP contribution in [0.25, 0.3) is 0 Å². The molecule has 0 radical (unpaired) electrons. The largest absolute Gasteiger partial charge is 0.399 e. The molecular formula is C14H15N3OS. The average molecular weight is 273 g/mol. The Kier molecular flexibility index (Phi) is 2.98. The Balaban J connectivity index is 1.70. The quantitative estimate of drug-likeness (QED) is 0.838. The molecular weight excluding hydrogens is 258 g/mol. The van der Waals surface area contributed by atoms with Gasteiger partial charge in [0.1, 0.15) is 0 Å². The number of amides is 1. The van der Waals surface area contributed by atoms with Crippen LogP contribution >= 0.6 is 11.3 Å². The Morgan fingerprint density at radius 3 is 2.68 bits per heavy atom. The summed E-state index contributed by atoms with van der Waals surface area (Å²) in [7, 11) is 0. The highest BCUT2D eigenvalue weighted by Gasteiger charge is 2.51. The van der Waals surface area contributed by atoms with E-state index in [4.69, 9.17) is 5.73 Å². The van der Waals surface area contributed by atoms with Crippen LogP contribution in [0, 0.1) is 0 Å². The van der Waals surface area contributed by atoms with Gasteiger partial charge >= 0.3 is 0 Å². The first-order valence-electron chi connectivity index (χ1n) is 6.22. The van der Waals surface area contributed by atoms with E-state index in [1.54, 1.807) is 5.51 Å². The Morgan fingerprint density at radius 1 is 1.37 bits per heavy atom. The number of thiazole rings is 1. The molecule has 2 aromatic rings. The monoisotopic (exact) mass is 273 g/mol. The van der Waals surface area contributed by atoms with Gasteiger partial charge in [-0.1, -0.05) is 12.1 Å². The highest BCUT2D eigenvalue weighted by Crippen LogP contribution is 2.48. The van der Waals surface area contributed by atoms with Gasteiger partial charge in [-0.25, -0.2) is 4.98 Å². The predicted molar refractivity (Wildman–Crippen MR) is 75.7 cm³/mol. The van der Waals surface area contributed by atoms with Gasteiger partial charge in [0.2, 0.25) is 5.91 Å². The summed E-state index contributed by atoms with van der Waals surface area (Å²) in [6, 6.07) is 7.60. The van der Waals surface area contributed by atoms with Crippen molar-refractivity contribution in [1.29, 1.82) is 0 Å². The van der Waals surface area contributed by atoms with Crippen molar-refractivity contribution in [1.82, 2.24) is 10.3 Å². The Morgan fingerprint density at radius 2 is 2.11 bits per heavy atom. The molecule has 1 aromatic heterocycles. The number of rotatable bonds is 4. The highest BCUT2D eigenvalue weighted by molar-refractivity contribution is 7.07. The van der Waals surface area contributed by atoms with E-state index in [0.29, 0.717) is 6.54 Å². The van der Waals surface area contributed by atoms with Crippen LogP contribution in [-0.2, 0) is 16.8 Å². The first-order valence-corrected chi connectivity index (χ1v) is 7.16. The number of nitrogens with zero attached hydrogens (tertiary/aromatic N) is 1. The van der Waals surface area contributed by atoms with Gasteiger partial charge in [0, 0.05) is 11.1 Å². The van der Waals surface area contributed by atoms with Crippen molar-refractivity contribution in [2.24, 2.45) is 0 Å². The summed E-state index contributed by atoms with van der Waals surface area (Å²) < 4.78 is 0. The number of hydrogen-bond donors (Lipinski definition) is 2. The summed E-state index contributed by atoms with van der Waals surface area (Å²) in [5, 5.41) is 4.92. The van der Waals surface area contributed by atoms with Gasteiger partial charge in [-0.05, 0) is 30.5 Å². The second kappa shape index (κ2) is 4.66. The number of nitrogens with two attached hydrogens (primary N) is 1. The number of nitrogens with one attached hydrogen (secondary N) is 1. The molecule has 0 bridgehead atoms. The first kappa shape index (κ1) is 12.2. The standard InChI is InChI=1S/C14H15N3OS/c15-11-3-1-10(2-4-11)14(5-6-14)13(18)16-7-12-8-19-9-17-12/h1-4,8-9H,5-7,15H2,(H,16,18). The number of nitrogen functional groups attached to an aromatic ring is 1. The molecule has 1 aliphatic rings. The molecule has 4 nitrogen and oxygen atoms in total. The van der Waals surface area contributed by atoms with Gasteiger partial charge in [-0.3, -0.25) is 4.79 Å². The fraction of sp³-hybridized carbons (Fsp3) is 0.286. The van der Waals surface area contributed by atoms with Crippen molar-refractivity contribution in [2.45, 2.75) is 24.8 Å². The molecule has 1 saturated carbocycles. The van der Waals surface area contributed by atoms with E-state index in [9.17, 15) is 4.79 Å². The minimum Gasteiger partial charge on any atom is -0.399 e. The zero-order valence-corrected chi connectivity index (χ0v) is 11.2. The maximum absolute atomic E-state index is 12.3. The normalized spacial score (nSPS) is 16.0. The van der Waals surface area contributed by atoms with Crippen molar-refractivity contribution >= 4 is 22.9 Å². The third-order valence-corrected chi connectivity index (χ3v) is 4.20. The summed E-state index contributed by atoms with van der Waals surface area (Å²) in [5.41, 5.74) is 9.80. The molecule has 1 amide bonds. The van der Waals surface area contributed by atoms with E-state index in [1.165, 1.54) is 11.3 Å². The Bertz CT molecular complexity index is 573. The van der Waals surface area contributed by atoms with Crippen molar-refractivity contribution in [3.8, 4) is 0 Å². The van der Waals surface area contributed by atoms with Gasteiger partial charge in [-0.15, -0.1) is 11.3 Å². The van der Waals surface area contributed by atoms with Gasteiger partial charge < -0.3 is 11.1 Å². The van der Waals surface area contributed by atoms with Crippen LogP contribution in [0.1, 0.15) is 24.1 Å². The van der Waals surface area contributed by atoms with E-state index in [-0.39, 0.29) is 11.3 Å². The number of carbonyl (C=O) groups is 1. The van der Waals surface area contributed by atoms with E-state index in [0.717, 1.165) is 29.8 Å². The molecule has 1 heterocycles. The van der Waals surface area contributed by atoms with Crippen LogP contribution < -0.4 is 11.1 Å². The van der Waals surface area contributed by atoms with Crippen LogP contribution in [0.15, 0.2) is 35.2 Å². The molecule has 1 fully saturated rings. The zero-order valence-electron chi connectivity index (χ0n) is 10.4. The number of benzene rings is 1. The van der Waals surface area contributed by atoms with Gasteiger partial charge in [0.05, 0.1) is 23.2 Å².